The van der Waals surface area contributed by atoms with Crippen LogP contribution in [0.2, 0.25) is 0 Å². The molecule has 8 nitrogen and oxygen atoms in total. The van der Waals surface area contributed by atoms with Crippen molar-refractivity contribution in [2.24, 2.45) is 0 Å². The van der Waals surface area contributed by atoms with Crippen LogP contribution in [-0.4, -0.2) is 43.7 Å². The Morgan fingerprint density at radius 2 is 1.89 bits per heavy atom. The number of rotatable bonds is 5. The summed E-state index contributed by atoms with van der Waals surface area (Å²) in [5, 5.41) is 2.81. The third-order valence-electron chi connectivity index (χ3n) is 4.32. The van der Waals surface area contributed by atoms with E-state index in [-0.39, 0.29) is 27.6 Å². The first-order valence-corrected chi connectivity index (χ1v) is 10.7. The van der Waals surface area contributed by atoms with E-state index >= 15 is 0 Å². The molecule has 0 bridgehead atoms. The Morgan fingerprint density at radius 1 is 1.21 bits per heavy atom. The summed E-state index contributed by atoms with van der Waals surface area (Å²) in [4.78, 5) is 37.8. The summed E-state index contributed by atoms with van der Waals surface area (Å²) >= 11 is 1.18. The van der Waals surface area contributed by atoms with E-state index in [0.29, 0.717) is 9.87 Å². The molecular weight excluding hydrogens is 404 g/mol. The zero-order chi connectivity index (χ0) is 20.6. The van der Waals surface area contributed by atoms with Gasteiger partial charge in [-0.05, 0) is 38.5 Å². The van der Waals surface area contributed by atoms with Crippen molar-refractivity contribution in [2.45, 2.75) is 25.7 Å². The number of esters is 1. The van der Waals surface area contributed by atoms with Gasteiger partial charge >= 0.3 is 5.97 Å². The van der Waals surface area contributed by atoms with Crippen LogP contribution in [0.25, 0.3) is 0 Å². The molecule has 10 heteroatoms. The average molecular weight is 422 g/mol. The van der Waals surface area contributed by atoms with E-state index in [1.807, 2.05) is 0 Å². The predicted molar refractivity (Wildman–Crippen MR) is 103 cm³/mol. The fourth-order valence-corrected chi connectivity index (χ4v) is 5.44. The van der Waals surface area contributed by atoms with Gasteiger partial charge in [0, 0.05) is 4.88 Å². The third kappa shape index (κ3) is 3.29. The molecule has 0 radical (unpaired) electrons. The summed E-state index contributed by atoms with van der Waals surface area (Å²) in [5.74, 6) is -2.05. The van der Waals surface area contributed by atoms with Gasteiger partial charge in [-0.25, -0.2) is 17.5 Å². The summed E-state index contributed by atoms with van der Waals surface area (Å²) in [6.07, 6.45) is 0. The largest absolute Gasteiger partial charge is 0.462 e. The van der Waals surface area contributed by atoms with Gasteiger partial charge in [-0.2, -0.15) is 0 Å². The van der Waals surface area contributed by atoms with Crippen LogP contribution in [0, 0.1) is 13.8 Å². The Hall–Kier alpha value is -2.72. The molecule has 1 N–H and O–H groups in total. The van der Waals surface area contributed by atoms with Crippen molar-refractivity contribution in [1.29, 1.82) is 0 Å². The molecule has 1 aromatic heterocycles. The predicted octanol–water partition coefficient (Wildman–Crippen LogP) is 2.32. The number of carbonyl (C=O) groups is 3. The van der Waals surface area contributed by atoms with Crippen LogP contribution < -0.4 is 5.32 Å². The van der Waals surface area contributed by atoms with Crippen molar-refractivity contribution in [1.82, 2.24) is 4.31 Å². The van der Waals surface area contributed by atoms with Crippen LogP contribution in [-0.2, 0) is 19.6 Å². The number of anilines is 1. The smallest absolute Gasteiger partial charge is 0.341 e. The summed E-state index contributed by atoms with van der Waals surface area (Å²) in [6, 6.07) is 5.79. The number of nitrogens with one attached hydrogen (secondary N) is 1. The van der Waals surface area contributed by atoms with E-state index in [1.165, 1.54) is 29.5 Å². The zero-order valence-electron chi connectivity index (χ0n) is 15.4. The van der Waals surface area contributed by atoms with E-state index in [4.69, 9.17) is 4.74 Å². The summed E-state index contributed by atoms with van der Waals surface area (Å²) in [7, 11) is -4.09. The van der Waals surface area contributed by atoms with Gasteiger partial charge in [0.05, 0.1) is 17.7 Å². The van der Waals surface area contributed by atoms with E-state index < -0.39 is 34.4 Å². The molecule has 2 amide bonds. The first kappa shape index (κ1) is 20.0. The topological polar surface area (TPSA) is 110 Å². The van der Waals surface area contributed by atoms with Crippen molar-refractivity contribution >= 4 is 44.1 Å². The number of amides is 2. The summed E-state index contributed by atoms with van der Waals surface area (Å²) < 4.78 is 30.7. The number of aryl methyl sites for hydroxylation is 1. The fraction of sp³-hybridized carbons (Fsp3) is 0.278. The third-order valence-corrected chi connectivity index (χ3v) is 7.23. The van der Waals surface area contributed by atoms with Gasteiger partial charge in [-0.3, -0.25) is 9.59 Å². The maximum Gasteiger partial charge on any atom is 0.341 e. The van der Waals surface area contributed by atoms with Gasteiger partial charge in [0.15, 0.2) is 0 Å². The molecule has 0 atom stereocenters. The number of hydrogen-bond donors (Lipinski definition) is 1. The van der Waals surface area contributed by atoms with Crippen molar-refractivity contribution in [3.8, 4) is 0 Å². The first-order valence-electron chi connectivity index (χ1n) is 8.41. The second-order valence-corrected chi connectivity index (χ2v) is 9.12. The van der Waals surface area contributed by atoms with Crippen LogP contribution in [0.3, 0.4) is 0 Å². The van der Waals surface area contributed by atoms with Crippen LogP contribution in [0.4, 0.5) is 5.00 Å². The maximum absolute atomic E-state index is 12.6. The minimum absolute atomic E-state index is 0.0327. The second-order valence-electron chi connectivity index (χ2n) is 6.07. The van der Waals surface area contributed by atoms with Gasteiger partial charge in [0.1, 0.15) is 16.4 Å². The van der Waals surface area contributed by atoms with E-state index in [1.54, 1.807) is 26.8 Å². The van der Waals surface area contributed by atoms with Crippen molar-refractivity contribution in [3.63, 3.8) is 0 Å². The van der Waals surface area contributed by atoms with Crippen LogP contribution in [0.15, 0.2) is 29.2 Å². The van der Waals surface area contributed by atoms with E-state index in [9.17, 15) is 22.8 Å². The molecule has 2 aromatic rings. The summed E-state index contributed by atoms with van der Waals surface area (Å²) in [5.41, 5.74) is 0.943. The number of hydrogen-bond acceptors (Lipinski definition) is 7. The Kier molecular flexibility index (Phi) is 5.26. The zero-order valence-corrected chi connectivity index (χ0v) is 17.1. The van der Waals surface area contributed by atoms with Gasteiger partial charge in [-0.15, -0.1) is 11.3 Å². The molecule has 0 fully saturated rings. The van der Waals surface area contributed by atoms with Gasteiger partial charge < -0.3 is 10.1 Å². The SMILES string of the molecule is CCOC(=O)c1c(NC(=O)CN2C(=O)c3ccccc3S2(=O)=O)sc(C)c1C. The highest BCUT2D eigenvalue weighted by molar-refractivity contribution is 7.90. The lowest BCUT2D eigenvalue weighted by atomic mass is 10.1. The molecule has 0 saturated carbocycles. The highest BCUT2D eigenvalue weighted by Gasteiger charge is 2.42. The maximum atomic E-state index is 12.6. The molecule has 148 valence electrons. The molecule has 0 saturated heterocycles. The number of sulfonamides is 1. The Morgan fingerprint density at radius 3 is 2.54 bits per heavy atom. The van der Waals surface area contributed by atoms with E-state index in [0.717, 1.165) is 4.88 Å². The molecule has 3 rings (SSSR count). The molecule has 0 spiro atoms. The lowest BCUT2D eigenvalue weighted by Gasteiger charge is -2.14. The number of benzene rings is 1. The highest BCUT2D eigenvalue weighted by Crippen LogP contribution is 2.34. The monoisotopic (exact) mass is 422 g/mol. The fourth-order valence-electron chi connectivity index (χ4n) is 2.85. The minimum atomic E-state index is -4.09. The Bertz CT molecular complexity index is 1090. The molecule has 0 unspecified atom stereocenters. The molecule has 2 heterocycles. The van der Waals surface area contributed by atoms with Crippen molar-refractivity contribution in [2.75, 3.05) is 18.5 Å². The lowest BCUT2D eigenvalue weighted by Crippen LogP contribution is -2.37. The van der Waals surface area contributed by atoms with Crippen molar-refractivity contribution in [3.05, 3.63) is 45.8 Å². The van der Waals surface area contributed by atoms with Gasteiger partial charge in [0.25, 0.3) is 15.9 Å². The quantitative estimate of drug-likeness (QED) is 0.741. The summed E-state index contributed by atoms with van der Waals surface area (Å²) in [6.45, 7) is 4.70. The van der Waals surface area contributed by atoms with Gasteiger partial charge in [-0.1, -0.05) is 12.1 Å². The Labute approximate surface area is 166 Å². The van der Waals surface area contributed by atoms with E-state index in [2.05, 4.69) is 5.32 Å². The normalized spacial score (nSPS) is 14.7. The molecule has 1 aliphatic rings. The average Bonchev–Trinajstić information content (AvgIpc) is 3.01. The lowest BCUT2D eigenvalue weighted by molar-refractivity contribution is -0.116. The highest BCUT2D eigenvalue weighted by atomic mass is 32.2. The first-order chi connectivity index (χ1) is 13.2. The molecule has 0 aliphatic carbocycles. The molecule has 1 aromatic carbocycles. The van der Waals surface area contributed by atoms with Crippen LogP contribution >= 0.6 is 11.3 Å². The Balaban J connectivity index is 1.84. The molecule has 28 heavy (non-hydrogen) atoms. The van der Waals surface area contributed by atoms with Crippen LogP contribution in [0.5, 0.6) is 0 Å². The number of ether oxygens (including phenoxy) is 1. The van der Waals surface area contributed by atoms with Crippen LogP contribution in [0.1, 0.15) is 38.1 Å². The number of fused-ring (bicyclic) bond motifs is 1. The number of thiophene rings is 1. The number of carbonyl (C=O) groups excluding carboxylic acids is 3. The van der Waals surface area contributed by atoms with Gasteiger partial charge in [0.2, 0.25) is 5.91 Å². The second kappa shape index (κ2) is 7.36. The molecular formula is C18H18N2O6S2. The molecule has 1 aliphatic heterocycles. The number of nitrogens with zero attached hydrogens (tertiary/aromatic N) is 1. The minimum Gasteiger partial charge on any atom is -0.462 e. The van der Waals surface area contributed by atoms with Crippen molar-refractivity contribution < 1.29 is 27.5 Å². The standard InChI is InChI=1S/C18H18N2O6S2/c1-4-26-18(23)15-10(2)11(3)27-16(15)19-14(21)9-20-17(22)12-7-5-6-8-13(12)28(20,24)25/h5-8H,4,9H2,1-3H3,(H,19,21).